The molecule has 1 rings (SSSR count). The molecule has 0 saturated carbocycles. The monoisotopic (exact) mass is 321 g/mol. The fourth-order valence-corrected chi connectivity index (χ4v) is 3.92. The Labute approximate surface area is 142 Å². The van der Waals surface area contributed by atoms with Gasteiger partial charge in [0.15, 0.2) is 0 Å². The van der Waals surface area contributed by atoms with E-state index in [0.717, 1.165) is 38.9 Å². The Morgan fingerprint density at radius 1 is 1.13 bits per heavy atom. The van der Waals surface area contributed by atoms with Gasteiger partial charge in [0, 0.05) is 19.5 Å². The van der Waals surface area contributed by atoms with Crippen molar-refractivity contribution in [2.45, 2.75) is 78.1 Å². The van der Waals surface area contributed by atoms with E-state index in [0.29, 0.717) is 24.3 Å². The van der Waals surface area contributed by atoms with Crippen molar-refractivity contribution in [3.05, 3.63) is 0 Å². The minimum absolute atomic E-state index is 0.344. The first kappa shape index (κ1) is 20.0. The SMILES string of the molecule is CCCC1(CCC)CCN(C(=O)CCCCCNCC#N)CC1. The number of rotatable bonds is 11. The standard InChI is InChI=1S/C19H35N3O/c1-3-9-19(10-4-2)11-16-22(17-12-19)18(23)8-6-5-7-14-21-15-13-20/h21H,3-12,14-17H2,1-2H3. The third-order valence-electron chi connectivity index (χ3n) is 5.19. The van der Waals surface area contributed by atoms with Crippen LogP contribution in [0.3, 0.4) is 0 Å². The summed E-state index contributed by atoms with van der Waals surface area (Å²) in [4.78, 5) is 14.4. The molecule has 1 saturated heterocycles. The van der Waals surface area contributed by atoms with E-state index < -0.39 is 0 Å². The van der Waals surface area contributed by atoms with Crippen molar-refractivity contribution in [3.63, 3.8) is 0 Å². The van der Waals surface area contributed by atoms with Gasteiger partial charge in [-0.25, -0.2) is 0 Å². The van der Waals surface area contributed by atoms with Crippen LogP contribution in [-0.2, 0) is 4.79 Å². The van der Waals surface area contributed by atoms with Gasteiger partial charge in [0.2, 0.25) is 5.91 Å². The molecular weight excluding hydrogens is 286 g/mol. The zero-order valence-electron chi connectivity index (χ0n) is 15.2. The fraction of sp³-hybridized carbons (Fsp3) is 0.895. The molecule has 4 heteroatoms. The number of hydrogen-bond acceptors (Lipinski definition) is 3. The summed E-state index contributed by atoms with van der Waals surface area (Å²) in [7, 11) is 0. The normalized spacial score (nSPS) is 17.0. The summed E-state index contributed by atoms with van der Waals surface area (Å²) in [5.74, 6) is 0.344. The number of likely N-dealkylation sites (tertiary alicyclic amines) is 1. The zero-order chi connectivity index (χ0) is 17.0. The van der Waals surface area contributed by atoms with Crippen molar-refractivity contribution in [2.24, 2.45) is 5.41 Å². The van der Waals surface area contributed by atoms with E-state index in [2.05, 4.69) is 30.1 Å². The molecule has 4 nitrogen and oxygen atoms in total. The average molecular weight is 322 g/mol. The van der Waals surface area contributed by atoms with E-state index >= 15 is 0 Å². The number of unbranched alkanes of at least 4 members (excludes halogenated alkanes) is 2. The third kappa shape index (κ3) is 7.35. The van der Waals surface area contributed by atoms with Gasteiger partial charge in [0.1, 0.15) is 0 Å². The lowest BCUT2D eigenvalue weighted by molar-refractivity contribution is -0.133. The predicted molar refractivity (Wildman–Crippen MR) is 95.0 cm³/mol. The zero-order valence-corrected chi connectivity index (χ0v) is 15.2. The quantitative estimate of drug-likeness (QED) is 0.464. The minimum atomic E-state index is 0.344. The minimum Gasteiger partial charge on any atom is -0.343 e. The number of nitrogens with zero attached hydrogens (tertiary/aromatic N) is 2. The fourth-order valence-electron chi connectivity index (χ4n) is 3.92. The lowest BCUT2D eigenvalue weighted by atomic mass is 9.72. The molecule has 0 aromatic heterocycles. The Hall–Kier alpha value is -1.08. The van der Waals surface area contributed by atoms with Crippen LogP contribution in [0.1, 0.15) is 78.1 Å². The smallest absolute Gasteiger partial charge is 0.222 e. The van der Waals surface area contributed by atoms with Gasteiger partial charge in [-0.1, -0.05) is 33.1 Å². The Morgan fingerprint density at radius 3 is 2.35 bits per heavy atom. The van der Waals surface area contributed by atoms with Crippen molar-refractivity contribution < 1.29 is 4.79 Å². The van der Waals surface area contributed by atoms with Crippen molar-refractivity contribution in [3.8, 4) is 6.07 Å². The Morgan fingerprint density at radius 2 is 1.78 bits per heavy atom. The maximum Gasteiger partial charge on any atom is 0.222 e. The highest BCUT2D eigenvalue weighted by molar-refractivity contribution is 5.76. The van der Waals surface area contributed by atoms with E-state index in [1.807, 2.05) is 0 Å². The summed E-state index contributed by atoms with van der Waals surface area (Å²) in [5.41, 5.74) is 0.507. The Kier molecular flexibility index (Phi) is 9.94. The Bertz CT molecular complexity index is 359. The van der Waals surface area contributed by atoms with Gasteiger partial charge >= 0.3 is 0 Å². The highest BCUT2D eigenvalue weighted by atomic mass is 16.2. The molecule has 1 N–H and O–H groups in total. The summed E-state index contributed by atoms with van der Waals surface area (Å²) < 4.78 is 0. The molecule has 1 amide bonds. The van der Waals surface area contributed by atoms with Crippen LogP contribution in [0.5, 0.6) is 0 Å². The molecule has 0 radical (unpaired) electrons. The van der Waals surface area contributed by atoms with Gasteiger partial charge in [0.25, 0.3) is 0 Å². The van der Waals surface area contributed by atoms with Crippen LogP contribution in [0.25, 0.3) is 0 Å². The molecule has 0 spiro atoms. The highest BCUT2D eigenvalue weighted by Gasteiger charge is 2.33. The lowest BCUT2D eigenvalue weighted by Gasteiger charge is -2.42. The molecule has 0 unspecified atom stereocenters. The third-order valence-corrected chi connectivity index (χ3v) is 5.19. The average Bonchev–Trinajstić information content (AvgIpc) is 2.55. The van der Waals surface area contributed by atoms with Gasteiger partial charge in [-0.05, 0) is 50.5 Å². The van der Waals surface area contributed by atoms with Crippen molar-refractivity contribution >= 4 is 5.91 Å². The summed E-state index contributed by atoms with van der Waals surface area (Å²) in [6.07, 6.45) is 11.3. The van der Waals surface area contributed by atoms with E-state index in [9.17, 15) is 4.79 Å². The van der Waals surface area contributed by atoms with Crippen LogP contribution in [0.4, 0.5) is 0 Å². The molecule has 0 aromatic rings. The second-order valence-electron chi connectivity index (χ2n) is 7.03. The van der Waals surface area contributed by atoms with Gasteiger partial charge < -0.3 is 10.2 Å². The maximum atomic E-state index is 12.3. The number of nitriles is 1. The first-order valence-corrected chi connectivity index (χ1v) is 9.53. The molecule has 0 atom stereocenters. The van der Waals surface area contributed by atoms with Crippen molar-refractivity contribution in [2.75, 3.05) is 26.2 Å². The molecule has 132 valence electrons. The summed E-state index contributed by atoms with van der Waals surface area (Å²) >= 11 is 0. The largest absolute Gasteiger partial charge is 0.343 e. The number of amides is 1. The maximum absolute atomic E-state index is 12.3. The summed E-state index contributed by atoms with van der Waals surface area (Å²) in [5, 5.41) is 11.5. The lowest BCUT2D eigenvalue weighted by Crippen LogP contribution is -2.43. The van der Waals surface area contributed by atoms with Crippen LogP contribution >= 0.6 is 0 Å². The van der Waals surface area contributed by atoms with E-state index in [1.165, 1.54) is 38.5 Å². The van der Waals surface area contributed by atoms with Gasteiger partial charge in [-0.2, -0.15) is 5.26 Å². The summed E-state index contributed by atoms with van der Waals surface area (Å²) in [6, 6.07) is 2.07. The molecule has 0 aromatic carbocycles. The van der Waals surface area contributed by atoms with E-state index in [-0.39, 0.29) is 0 Å². The van der Waals surface area contributed by atoms with E-state index in [1.54, 1.807) is 0 Å². The molecule has 1 heterocycles. The second kappa shape index (κ2) is 11.5. The first-order chi connectivity index (χ1) is 11.2. The van der Waals surface area contributed by atoms with Crippen LogP contribution in [0, 0.1) is 16.7 Å². The predicted octanol–water partition coefficient (Wildman–Crippen LogP) is 3.87. The van der Waals surface area contributed by atoms with Crippen molar-refractivity contribution in [1.29, 1.82) is 5.26 Å². The topological polar surface area (TPSA) is 56.1 Å². The van der Waals surface area contributed by atoms with Gasteiger partial charge in [0.05, 0.1) is 12.6 Å². The first-order valence-electron chi connectivity index (χ1n) is 9.53. The highest BCUT2D eigenvalue weighted by Crippen LogP contribution is 2.40. The molecule has 0 bridgehead atoms. The molecule has 0 aliphatic carbocycles. The van der Waals surface area contributed by atoms with E-state index in [4.69, 9.17) is 5.26 Å². The van der Waals surface area contributed by atoms with Crippen LogP contribution in [-0.4, -0.2) is 37.0 Å². The molecule has 23 heavy (non-hydrogen) atoms. The number of piperidine rings is 1. The second-order valence-corrected chi connectivity index (χ2v) is 7.03. The molecule has 1 fully saturated rings. The molecular formula is C19H35N3O. The van der Waals surface area contributed by atoms with Crippen LogP contribution in [0.2, 0.25) is 0 Å². The van der Waals surface area contributed by atoms with Crippen molar-refractivity contribution in [1.82, 2.24) is 10.2 Å². The molecule has 1 aliphatic heterocycles. The number of hydrogen-bond donors (Lipinski definition) is 1. The van der Waals surface area contributed by atoms with Gasteiger partial charge in [-0.15, -0.1) is 0 Å². The van der Waals surface area contributed by atoms with Crippen LogP contribution in [0.15, 0.2) is 0 Å². The van der Waals surface area contributed by atoms with Crippen LogP contribution < -0.4 is 5.32 Å². The summed E-state index contributed by atoms with van der Waals surface area (Å²) in [6.45, 7) is 7.78. The number of carbonyl (C=O) groups excluding carboxylic acids is 1. The van der Waals surface area contributed by atoms with Gasteiger partial charge in [-0.3, -0.25) is 4.79 Å². The number of carbonyl (C=O) groups is 1. The Balaban J connectivity index is 2.20. The molecule has 1 aliphatic rings. The number of nitrogens with one attached hydrogen (secondary N) is 1.